The van der Waals surface area contributed by atoms with Crippen molar-refractivity contribution in [3.63, 3.8) is 0 Å². The Morgan fingerprint density at radius 3 is 2.69 bits per heavy atom. The topological polar surface area (TPSA) is 76.8 Å². The van der Waals surface area contributed by atoms with Crippen molar-refractivity contribution in [2.24, 2.45) is 0 Å². The van der Waals surface area contributed by atoms with Gasteiger partial charge in [-0.05, 0) is 59.7 Å². The second-order valence-corrected chi connectivity index (χ2v) is 7.85. The highest BCUT2D eigenvalue weighted by molar-refractivity contribution is 7.99. The van der Waals surface area contributed by atoms with Crippen LogP contribution < -0.4 is 4.90 Å². The molecule has 150 valence electrons. The minimum absolute atomic E-state index is 0.117. The molecule has 0 spiro atoms. The third-order valence-electron chi connectivity index (χ3n) is 4.94. The number of carbonyl (C=O) groups excluding carboxylic acids is 1. The molecule has 2 heterocycles. The summed E-state index contributed by atoms with van der Waals surface area (Å²) in [6.45, 7) is 0.305. The van der Waals surface area contributed by atoms with E-state index in [9.17, 15) is 9.18 Å². The number of pyridine rings is 1. The van der Waals surface area contributed by atoms with E-state index in [4.69, 9.17) is 0 Å². The molecule has 0 bridgehead atoms. The Labute approximate surface area is 172 Å². The van der Waals surface area contributed by atoms with Crippen molar-refractivity contribution < 1.29 is 9.18 Å². The summed E-state index contributed by atoms with van der Waals surface area (Å²) in [5, 5.41) is 12.7. The number of hydrogen-bond acceptors (Lipinski definition) is 6. The smallest absolute Gasteiger partial charge is 0.237 e. The number of amides is 1. The lowest BCUT2D eigenvalue weighted by molar-refractivity contribution is -0.116. The zero-order valence-electron chi connectivity index (χ0n) is 15.8. The van der Waals surface area contributed by atoms with Crippen molar-refractivity contribution in [3.05, 3.63) is 60.2 Å². The van der Waals surface area contributed by atoms with Crippen LogP contribution in [0.4, 0.5) is 10.1 Å². The van der Waals surface area contributed by atoms with Gasteiger partial charge in [0.05, 0.1) is 24.0 Å². The highest BCUT2D eigenvalue weighted by Crippen LogP contribution is 2.31. The van der Waals surface area contributed by atoms with Gasteiger partial charge in [0.25, 0.3) is 0 Å². The van der Waals surface area contributed by atoms with Gasteiger partial charge in [0, 0.05) is 11.9 Å². The monoisotopic (exact) mass is 412 g/mol. The van der Waals surface area contributed by atoms with E-state index in [-0.39, 0.29) is 17.5 Å². The molecular formula is C20H21FN6OS. The zero-order chi connectivity index (χ0) is 20.1. The van der Waals surface area contributed by atoms with Gasteiger partial charge in [0.15, 0.2) is 0 Å². The number of halogens is 1. The average Bonchev–Trinajstić information content (AvgIpc) is 3.43. The lowest BCUT2D eigenvalue weighted by Gasteiger charge is -2.22. The molecule has 7 nitrogen and oxygen atoms in total. The van der Waals surface area contributed by atoms with Crippen molar-refractivity contribution in [2.75, 3.05) is 10.7 Å². The van der Waals surface area contributed by atoms with Gasteiger partial charge in [-0.2, -0.15) is 0 Å². The third kappa shape index (κ3) is 4.79. The Morgan fingerprint density at radius 1 is 1.17 bits per heavy atom. The number of rotatable bonds is 7. The number of tetrazole rings is 1. The van der Waals surface area contributed by atoms with Crippen LogP contribution in [0, 0.1) is 5.82 Å². The van der Waals surface area contributed by atoms with Crippen LogP contribution in [0.15, 0.2) is 53.8 Å². The van der Waals surface area contributed by atoms with Gasteiger partial charge < -0.3 is 4.90 Å². The van der Waals surface area contributed by atoms with E-state index in [1.165, 1.54) is 36.7 Å². The maximum Gasteiger partial charge on any atom is 0.237 e. The summed E-state index contributed by atoms with van der Waals surface area (Å²) < 4.78 is 15.2. The van der Waals surface area contributed by atoms with E-state index in [1.54, 1.807) is 23.2 Å². The Kier molecular flexibility index (Phi) is 6.14. The van der Waals surface area contributed by atoms with Gasteiger partial charge in [-0.3, -0.25) is 9.78 Å². The molecule has 0 atom stereocenters. The molecule has 1 saturated carbocycles. The molecule has 0 aliphatic heterocycles. The second-order valence-electron chi connectivity index (χ2n) is 6.91. The predicted molar refractivity (Wildman–Crippen MR) is 108 cm³/mol. The summed E-state index contributed by atoms with van der Waals surface area (Å²) in [5.74, 6) is -0.283. The van der Waals surface area contributed by atoms with E-state index in [1.807, 2.05) is 22.9 Å². The molecule has 1 amide bonds. The molecule has 1 fully saturated rings. The van der Waals surface area contributed by atoms with Crippen LogP contribution in [-0.2, 0) is 11.3 Å². The largest absolute Gasteiger partial charge is 0.306 e. The number of thioether (sulfide) groups is 1. The molecule has 0 unspecified atom stereocenters. The van der Waals surface area contributed by atoms with Crippen molar-refractivity contribution in [1.29, 1.82) is 0 Å². The molecule has 0 saturated heterocycles. The Balaban J connectivity index is 1.49. The number of hydrogen-bond donors (Lipinski definition) is 0. The summed E-state index contributed by atoms with van der Waals surface area (Å²) in [5.41, 5.74) is 1.38. The highest BCUT2D eigenvalue weighted by Gasteiger charge is 2.23. The zero-order valence-corrected chi connectivity index (χ0v) is 16.6. The maximum atomic E-state index is 13.4. The summed E-state index contributed by atoms with van der Waals surface area (Å²) in [6, 6.07) is 11.8. The number of anilines is 1. The van der Waals surface area contributed by atoms with Crippen LogP contribution in [0.2, 0.25) is 0 Å². The molecule has 1 aliphatic rings. The van der Waals surface area contributed by atoms with Crippen LogP contribution in [0.3, 0.4) is 0 Å². The standard InChI is InChI=1S/C20H21FN6OS/c21-15-8-10-17(11-9-15)26(13-16-5-3-4-12-22-16)19(28)14-29-20-23-24-25-27(20)18-6-1-2-7-18/h3-5,8-12,18H,1-2,6-7,13-14H2. The molecule has 9 heteroatoms. The third-order valence-corrected chi connectivity index (χ3v) is 5.86. The number of carbonyl (C=O) groups is 1. The molecule has 1 aliphatic carbocycles. The lowest BCUT2D eigenvalue weighted by atomic mass is 10.2. The predicted octanol–water partition coefficient (Wildman–Crippen LogP) is 3.65. The minimum atomic E-state index is -0.343. The molecule has 2 aromatic heterocycles. The van der Waals surface area contributed by atoms with Crippen LogP contribution in [0.25, 0.3) is 0 Å². The first-order valence-corrected chi connectivity index (χ1v) is 10.6. The summed E-state index contributed by atoms with van der Waals surface area (Å²) >= 11 is 1.33. The highest BCUT2D eigenvalue weighted by atomic mass is 32.2. The summed E-state index contributed by atoms with van der Waals surface area (Å²) in [6.07, 6.45) is 6.17. The normalized spacial score (nSPS) is 14.2. The first kappa shape index (κ1) is 19.5. The fourth-order valence-corrected chi connectivity index (χ4v) is 4.28. The minimum Gasteiger partial charge on any atom is -0.306 e. The summed E-state index contributed by atoms with van der Waals surface area (Å²) in [7, 11) is 0. The van der Waals surface area contributed by atoms with E-state index in [0.29, 0.717) is 23.4 Å². The molecule has 0 radical (unpaired) electrons. The van der Waals surface area contributed by atoms with Gasteiger partial charge in [-0.1, -0.05) is 30.7 Å². The molecule has 0 N–H and O–H groups in total. The first-order chi connectivity index (χ1) is 14.2. The fourth-order valence-electron chi connectivity index (χ4n) is 3.46. The molecule has 4 rings (SSSR count). The van der Waals surface area contributed by atoms with Gasteiger partial charge in [-0.15, -0.1) is 5.10 Å². The number of aromatic nitrogens is 5. The number of benzene rings is 1. The molecule has 3 aromatic rings. The quantitative estimate of drug-likeness (QED) is 0.552. The van der Waals surface area contributed by atoms with E-state index in [2.05, 4.69) is 20.5 Å². The van der Waals surface area contributed by atoms with Crippen LogP contribution >= 0.6 is 11.8 Å². The van der Waals surface area contributed by atoms with Crippen LogP contribution in [0.1, 0.15) is 37.4 Å². The second kappa shape index (κ2) is 9.13. The van der Waals surface area contributed by atoms with Gasteiger partial charge in [-0.25, -0.2) is 9.07 Å². The number of nitrogens with zero attached hydrogens (tertiary/aromatic N) is 6. The van der Waals surface area contributed by atoms with E-state index < -0.39 is 0 Å². The Hall–Kier alpha value is -2.81. The Morgan fingerprint density at radius 2 is 1.97 bits per heavy atom. The van der Waals surface area contributed by atoms with Crippen LogP contribution in [0.5, 0.6) is 0 Å². The average molecular weight is 412 g/mol. The van der Waals surface area contributed by atoms with Gasteiger partial charge in [0.2, 0.25) is 11.1 Å². The van der Waals surface area contributed by atoms with E-state index >= 15 is 0 Å². The van der Waals surface area contributed by atoms with Crippen molar-refractivity contribution in [3.8, 4) is 0 Å². The van der Waals surface area contributed by atoms with Crippen molar-refractivity contribution in [2.45, 2.75) is 43.4 Å². The molecular weight excluding hydrogens is 391 g/mol. The van der Waals surface area contributed by atoms with E-state index in [0.717, 1.165) is 18.5 Å². The fraction of sp³-hybridized carbons (Fsp3) is 0.350. The molecule has 29 heavy (non-hydrogen) atoms. The maximum absolute atomic E-state index is 13.4. The first-order valence-electron chi connectivity index (χ1n) is 9.57. The Bertz CT molecular complexity index is 943. The van der Waals surface area contributed by atoms with Crippen molar-refractivity contribution in [1.82, 2.24) is 25.2 Å². The van der Waals surface area contributed by atoms with Gasteiger partial charge >= 0.3 is 0 Å². The summed E-state index contributed by atoms with van der Waals surface area (Å²) in [4.78, 5) is 19.0. The van der Waals surface area contributed by atoms with Gasteiger partial charge in [0.1, 0.15) is 5.82 Å². The van der Waals surface area contributed by atoms with Crippen molar-refractivity contribution >= 4 is 23.4 Å². The lowest BCUT2D eigenvalue weighted by Crippen LogP contribution is -2.32. The van der Waals surface area contributed by atoms with Crippen LogP contribution in [-0.4, -0.2) is 36.9 Å². The molecule has 1 aromatic carbocycles. The SMILES string of the molecule is O=C(CSc1nnnn1C1CCCC1)N(Cc1ccccn1)c1ccc(F)cc1.